The van der Waals surface area contributed by atoms with E-state index in [0.29, 0.717) is 6.54 Å². The quantitative estimate of drug-likeness (QED) is 0.697. The largest absolute Gasteiger partial charge is 0.481 e. The van der Waals surface area contributed by atoms with Crippen molar-refractivity contribution < 1.29 is 14.7 Å². The van der Waals surface area contributed by atoms with Gasteiger partial charge in [0, 0.05) is 31.2 Å². The van der Waals surface area contributed by atoms with Crippen LogP contribution in [0, 0.1) is 0 Å². The minimum Gasteiger partial charge on any atom is -0.481 e. The van der Waals surface area contributed by atoms with Crippen molar-refractivity contribution in [2.75, 3.05) is 19.6 Å². The summed E-state index contributed by atoms with van der Waals surface area (Å²) in [6.07, 6.45) is 1.77. The molecule has 2 aliphatic rings. The third-order valence-corrected chi connectivity index (χ3v) is 3.58. The standard InChI is InChI=1S/C12H18N2O3/c1-8(9-6-13-7-9)12(17)14-4-2-3-10(14)5-11(15)16/h10,13H,2-7H2,1H3,(H,15,16). The summed E-state index contributed by atoms with van der Waals surface area (Å²) in [4.78, 5) is 24.7. The summed E-state index contributed by atoms with van der Waals surface area (Å²) in [6, 6.07) is -0.122. The van der Waals surface area contributed by atoms with Gasteiger partial charge in [0.1, 0.15) is 0 Å². The first kappa shape index (κ1) is 12.1. The highest BCUT2D eigenvalue weighted by Crippen LogP contribution is 2.23. The van der Waals surface area contributed by atoms with Crippen LogP contribution in [0.5, 0.6) is 0 Å². The number of nitrogens with zero attached hydrogens (tertiary/aromatic N) is 1. The Balaban J connectivity index is 2.05. The molecule has 1 atom stereocenters. The average molecular weight is 238 g/mol. The molecule has 5 nitrogen and oxygen atoms in total. The molecular weight excluding hydrogens is 220 g/mol. The predicted octanol–water partition coefficient (Wildman–Crippen LogP) is 0.372. The van der Waals surface area contributed by atoms with Gasteiger partial charge in [0.05, 0.1) is 6.42 Å². The molecule has 0 bridgehead atoms. The van der Waals surface area contributed by atoms with Crippen LogP contribution in [0.4, 0.5) is 0 Å². The van der Waals surface area contributed by atoms with E-state index < -0.39 is 5.97 Å². The van der Waals surface area contributed by atoms with Gasteiger partial charge in [0.15, 0.2) is 0 Å². The highest BCUT2D eigenvalue weighted by Gasteiger charge is 2.32. The summed E-state index contributed by atoms with van der Waals surface area (Å²) in [5, 5.41) is 11.9. The number of aliphatic carboxylic acids is 1. The van der Waals surface area contributed by atoms with Crippen molar-refractivity contribution in [2.24, 2.45) is 0 Å². The van der Waals surface area contributed by atoms with Crippen molar-refractivity contribution in [3.8, 4) is 0 Å². The lowest BCUT2D eigenvalue weighted by Crippen LogP contribution is -2.41. The lowest BCUT2D eigenvalue weighted by molar-refractivity contribution is -0.139. The Hall–Kier alpha value is -1.36. The molecule has 0 radical (unpaired) electrons. The molecule has 2 rings (SSSR count). The second kappa shape index (κ2) is 4.87. The molecule has 2 N–H and O–H groups in total. The second-order valence-electron chi connectivity index (χ2n) is 4.72. The first-order valence-corrected chi connectivity index (χ1v) is 6.01. The molecule has 1 unspecified atom stereocenters. The zero-order valence-electron chi connectivity index (χ0n) is 10.0. The summed E-state index contributed by atoms with van der Waals surface area (Å²) in [6.45, 7) is 4.10. The van der Waals surface area contributed by atoms with Gasteiger partial charge < -0.3 is 15.3 Å². The minimum atomic E-state index is -0.828. The zero-order chi connectivity index (χ0) is 12.4. The molecule has 2 fully saturated rings. The summed E-state index contributed by atoms with van der Waals surface area (Å²) >= 11 is 0. The Kier molecular flexibility index (Phi) is 3.47. The van der Waals surface area contributed by atoms with Gasteiger partial charge in [-0.25, -0.2) is 0 Å². The molecular formula is C12H18N2O3. The van der Waals surface area contributed by atoms with Crippen LogP contribution in [0.25, 0.3) is 0 Å². The highest BCUT2D eigenvalue weighted by atomic mass is 16.4. The first-order chi connectivity index (χ1) is 8.09. The van der Waals surface area contributed by atoms with E-state index in [1.54, 1.807) is 4.90 Å². The van der Waals surface area contributed by atoms with Crippen molar-refractivity contribution in [1.82, 2.24) is 10.2 Å². The van der Waals surface area contributed by atoms with Crippen LogP contribution >= 0.6 is 0 Å². The molecule has 0 saturated carbocycles. The topological polar surface area (TPSA) is 69.6 Å². The Morgan fingerprint density at radius 1 is 1.47 bits per heavy atom. The summed E-state index contributed by atoms with van der Waals surface area (Å²) in [5.41, 5.74) is 1.94. The summed E-state index contributed by atoms with van der Waals surface area (Å²) in [5.74, 6) is -0.810. The van der Waals surface area contributed by atoms with Crippen molar-refractivity contribution in [3.05, 3.63) is 11.1 Å². The van der Waals surface area contributed by atoms with Gasteiger partial charge in [-0.3, -0.25) is 9.59 Å². The smallest absolute Gasteiger partial charge is 0.305 e. The molecule has 2 aliphatic heterocycles. The summed E-state index contributed by atoms with van der Waals surface area (Å²) in [7, 11) is 0. The zero-order valence-corrected chi connectivity index (χ0v) is 10.0. The van der Waals surface area contributed by atoms with E-state index in [9.17, 15) is 9.59 Å². The van der Waals surface area contributed by atoms with E-state index in [-0.39, 0.29) is 18.4 Å². The Labute approximate surface area is 100 Å². The van der Waals surface area contributed by atoms with Gasteiger partial charge >= 0.3 is 5.97 Å². The molecule has 0 aromatic carbocycles. The van der Waals surface area contributed by atoms with E-state index >= 15 is 0 Å². The molecule has 0 aromatic rings. The van der Waals surface area contributed by atoms with E-state index in [1.165, 1.54) is 0 Å². The number of nitrogens with one attached hydrogen (secondary N) is 1. The lowest BCUT2D eigenvalue weighted by Gasteiger charge is -2.27. The van der Waals surface area contributed by atoms with Crippen molar-refractivity contribution >= 4 is 11.9 Å². The van der Waals surface area contributed by atoms with Crippen LogP contribution in [-0.2, 0) is 9.59 Å². The van der Waals surface area contributed by atoms with Gasteiger partial charge in [-0.15, -0.1) is 0 Å². The highest BCUT2D eigenvalue weighted by molar-refractivity contribution is 5.94. The normalized spacial score (nSPS) is 23.5. The fraction of sp³-hybridized carbons (Fsp3) is 0.667. The monoisotopic (exact) mass is 238 g/mol. The fourth-order valence-corrected chi connectivity index (χ4v) is 2.40. The molecule has 0 spiro atoms. The van der Waals surface area contributed by atoms with Crippen molar-refractivity contribution in [3.63, 3.8) is 0 Å². The van der Waals surface area contributed by atoms with Crippen LogP contribution in [0.2, 0.25) is 0 Å². The minimum absolute atomic E-state index is 0.0188. The number of carbonyl (C=O) groups excluding carboxylic acids is 1. The number of likely N-dealkylation sites (tertiary alicyclic amines) is 1. The molecule has 1 amide bonds. The van der Waals surface area contributed by atoms with E-state index in [2.05, 4.69) is 5.32 Å². The van der Waals surface area contributed by atoms with Gasteiger partial charge in [-0.2, -0.15) is 0 Å². The maximum absolute atomic E-state index is 12.2. The Bertz CT molecular complexity index is 370. The third-order valence-electron chi connectivity index (χ3n) is 3.58. The number of carbonyl (C=O) groups is 2. The predicted molar refractivity (Wildman–Crippen MR) is 62.6 cm³/mol. The third kappa shape index (κ3) is 2.49. The van der Waals surface area contributed by atoms with E-state index in [1.807, 2.05) is 6.92 Å². The van der Waals surface area contributed by atoms with E-state index in [4.69, 9.17) is 5.11 Å². The van der Waals surface area contributed by atoms with Crippen LogP contribution in [0.1, 0.15) is 26.2 Å². The number of hydrogen-bond donors (Lipinski definition) is 2. The van der Waals surface area contributed by atoms with Gasteiger partial charge in [0.2, 0.25) is 5.91 Å². The Morgan fingerprint density at radius 2 is 2.18 bits per heavy atom. The molecule has 0 aliphatic carbocycles. The molecule has 17 heavy (non-hydrogen) atoms. The van der Waals surface area contributed by atoms with Gasteiger partial charge in [-0.05, 0) is 25.3 Å². The SMILES string of the molecule is CC(C(=O)N1CCCC1CC(=O)O)=C1CNC1. The maximum atomic E-state index is 12.2. The number of rotatable bonds is 3. The van der Waals surface area contributed by atoms with Crippen LogP contribution in [0.3, 0.4) is 0 Å². The van der Waals surface area contributed by atoms with Crippen molar-refractivity contribution in [2.45, 2.75) is 32.2 Å². The lowest BCUT2D eigenvalue weighted by atomic mass is 10.0. The van der Waals surface area contributed by atoms with Crippen molar-refractivity contribution in [1.29, 1.82) is 0 Å². The first-order valence-electron chi connectivity index (χ1n) is 6.01. The molecule has 0 aromatic heterocycles. The average Bonchev–Trinajstić information content (AvgIpc) is 2.60. The number of carboxylic acids is 1. The van der Waals surface area contributed by atoms with Gasteiger partial charge in [-0.1, -0.05) is 0 Å². The molecule has 2 saturated heterocycles. The van der Waals surface area contributed by atoms with Crippen LogP contribution < -0.4 is 5.32 Å². The van der Waals surface area contributed by atoms with E-state index in [0.717, 1.165) is 37.1 Å². The fourth-order valence-electron chi connectivity index (χ4n) is 2.40. The molecule has 2 heterocycles. The number of amides is 1. The van der Waals surface area contributed by atoms with Crippen LogP contribution in [-0.4, -0.2) is 47.6 Å². The second-order valence-corrected chi connectivity index (χ2v) is 4.72. The van der Waals surface area contributed by atoms with Gasteiger partial charge in [0.25, 0.3) is 0 Å². The Morgan fingerprint density at radius 3 is 2.71 bits per heavy atom. The number of carboxylic acid groups (broad SMARTS) is 1. The maximum Gasteiger partial charge on any atom is 0.305 e. The molecule has 5 heteroatoms. The summed E-state index contributed by atoms with van der Waals surface area (Å²) < 4.78 is 0. The van der Waals surface area contributed by atoms with Crippen LogP contribution in [0.15, 0.2) is 11.1 Å². The number of hydrogen-bond acceptors (Lipinski definition) is 3. The molecule has 94 valence electrons.